The molecule has 3 heteroatoms. The van der Waals surface area contributed by atoms with E-state index < -0.39 is 0 Å². The summed E-state index contributed by atoms with van der Waals surface area (Å²) in [6.07, 6.45) is 2.28. The van der Waals surface area contributed by atoms with Gasteiger partial charge in [0.05, 0.1) is 19.3 Å². The van der Waals surface area contributed by atoms with Crippen LogP contribution >= 0.6 is 0 Å². The number of nitrogens with zero attached hydrogens (tertiary/aromatic N) is 2. The first-order valence-corrected chi connectivity index (χ1v) is 7.93. The van der Waals surface area contributed by atoms with Crippen molar-refractivity contribution in [3.63, 3.8) is 0 Å². The van der Waals surface area contributed by atoms with Gasteiger partial charge in [-0.15, -0.1) is 0 Å². The lowest BCUT2D eigenvalue weighted by molar-refractivity contribution is -0.517. The summed E-state index contributed by atoms with van der Waals surface area (Å²) in [4.78, 5) is 2.46. The SMILES string of the molecule is C[C@@H](N1C=[N+](CCOCc2ccccc2)CC1)C(C)(C)C. The molecule has 0 bridgehead atoms. The largest absolute Gasteiger partial charge is 0.373 e. The maximum atomic E-state index is 5.76. The quantitative estimate of drug-likeness (QED) is 0.591. The fourth-order valence-electron chi connectivity index (χ4n) is 2.48. The van der Waals surface area contributed by atoms with Gasteiger partial charge in [-0.25, -0.2) is 0 Å². The van der Waals surface area contributed by atoms with Crippen LogP contribution < -0.4 is 0 Å². The van der Waals surface area contributed by atoms with Crippen LogP contribution in [-0.4, -0.2) is 48.1 Å². The molecule has 0 spiro atoms. The lowest BCUT2D eigenvalue weighted by Crippen LogP contribution is -2.40. The van der Waals surface area contributed by atoms with Crippen LogP contribution in [0, 0.1) is 5.41 Å². The Hall–Kier alpha value is -1.35. The second-order valence-corrected chi connectivity index (χ2v) is 6.97. The number of ether oxygens (including phenoxy) is 1. The molecule has 0 amide bonds. The molecule has 21 heavy (non-hydrogen) atoms. The zero-order valence-electron chi connectivity index (χ0n) is 13.9. The van der Waals surface area contributed by atoms with E-state index in [0.717, 1.165) is 26.2 Å². The van der Waals surface area contributed by atoms with Crippen molar-refractivity contribution < 1.29 is 9.31 Å². The second kappa shape index (κ2) is 7.08. The molecule has 1 heterocycles. The second-order valence-electron chi connectivity index (χ2n) is 6.97. The molecule has 0 unspecified atom stereocenters. The fourth-order valence-corrected chi connectivity index (χ4v) is 2.48. The zero-order chi connectivity index (χ0) is 15.3. The number of hydrogen-bond acceptors (Lipinski definition) is 2. The topological polar surface area (TPSA) is 15.5 Å². The van der Waals surface area contributed by atoms with E-state index in [-0.39, 0.29) is 0 Å². The molecule has 1 aliphatic rings. The molecule has 0 saturated carbocycles. The van der Waals surface area contributed by atoms with Crippen molar-refractivity contribution in [1.82, 2.24) is 4.90 Å². The van der Waals surface area contributed by atoms with E-state index in [4.69, 9.17) is 4.74 Å². The minimum absolute atomic E-state index is 0.316. The molecule has 3 nitrogen and oxygen atoms in total. The molecule has 0 saturated heterocycles. The predicted octanol–water partition coefficient (Wildman–Crippen LogP) is 2.99. The normalized spacial score (nSPS) is 17.0. The van der Waals surface area contributed by atoms with Gasteiger partial charge in [0.2, 0.25) is 6.34 Å². The molecule has 1 aromatic carbocycles. The third kappa shape index (κ3) is 4.85. The van der Waals surface area contributed by atoms with E-state index in [1.165, 1.54) is 5.56 Å². The summed E-state index contributed by atoms with van der Waals surface area (Å²) in [6.45, 7) is 13.9. The summed E-state index contributed by atoms with van der Waals surface area (Å²) in [7, 11) is 0. The first-order valence-electron chi connectivity index (χ1n) is 7.93. The molecule has 0 aliphatic carbocycles. The lowest BCUT2D eigenvalue weighted by Gasteiger charge is -2.29. The summed E-state index contributed by atoms with van der Waals surface area (Å²) < 4.78 is 8.13. The number of rotatable bonds is 6. The monoisotopic (exact) mass is 289 g/mol. The maximum absolute atomic E-state index is 5.76. The van der Waals surface area contributed by atoms with Crippen LogP contribution in [0.25, 0.3) is 0 Å². The van der Waals surface area contributed by atoms with Crippen molar-refractivity contribution in [3.05, 3.63) is 35.9 Å². The average Bonchev–Trinajstić information content (AvgIpc) is 2.91. The minimum atomic E-state index is 0.316. The third-order valence-corrected chi connectivity index (χ3v) is 4.34. The first kappa shape index (κ1) is 16.0. The summed E-state index contributed by atoms with van der Waals surface area (Å²) in [6, 6.07) is 10.9. The van der Waals surface area contributed by atoms with Gasteiger partial charge in [-0.3, -0.25) is 9.48 Å². The summed E-state index contributed by atoms with van der Waals surface area (Å²) >= 11 is 0. The van der Waals surface area contributed by atoms with Gasteiger partial charge in [-0.05, 0) is 12.5 Å². The number of benzene rings is 1. The molecule has 1 atom stereocenters. The van der Waals surface area contributed by atoms with Gasteiger partial charge in [-0.2, -0.15) is 0 Å². The van der Waals surface area contributed by atoms with Crippen LogP contribution in [0.1, 0.15) is 33.3 Å². The molecule has 0 aromatic heterocycles. The van der Waals surface area contributed by atoms with Crippen molar-refractivity contribution in [3.8, 4) is 0 Å². The van der Waals surface area contributed by atoms with Crippen LogP contribution in [0.4, 0.5) is 0 Å². The Morgan fingerprint density at radius 2 is 1.95 bits per heavy atom. The standard InChI is InChI=1S/C18H29N2O/c1-16(18(2,3)4)20-11-10-19(15-20)12-13-21-14-17-8-6-5-7-9-17/h5-9,15-16H,10-14H2,1-4H3/q+1/t16-/m1/s1. The van der Waals surface area contributed by atoms with Crippen LogP contribution in [0.2, 0.25) is 0 Å². The number of hydrogen-bond donors (Lipinski definition) is 0. The zero-order valence-corrected chi connectivity index (χ0v) is 13.9. The molecule has 2 rings (SSSR count). The Morgan fingerprint density at radius 1 is 1.24 bits per heavy atom. The molecular formula is C18H29N2O+. The van der Waals surface area contributed by atoms with Crippen LogP contribution in [0.3, 0.4) is 0 Å². The van der Waals surface area contributed by atoms with Gasteiger partial charge < -0.3 is 4.74 Å². The van der Waals surface area contributed by atoms with E-state index in [1.54, 1.807) is 0 Å². The van der Waals surface area contributed by atoms with Gasteiger partial charge in [0.25, 0.3) is 0 Å². The summed E-state index contributed by atoms with van der Waals surface area (Å²) in [5.74, 6) is 0. The molecule has 116 valence electrons. The fraction of sp³-hybridized carbons (Fsp3) is 0.611. The van der Waals surface area contributed by atoms with E-state index in [9.17, 15) is 0 Å². The van der Waals surface area contributed by atoms with E-state index in [1.807, 2.05) is 6.07 Å². The summed E-state index contributed by atoms with van der Waals surface area (Å²) in [5, 5.41) is 0. The van der Waals surface area contributed by atoms with Gasteiger partial charge in [0.1, 0.15) is 19.6 Å². The first-order chi connectivity index (χ1) is 9.97. The van der Waals surface area contributed by atoms with Crippen molar-refractivity contribution in [2.24, 2.45) is 5.41 Å². The Labute approximate surface area is 129 Å². The molecule has 0 fully saturated rings. The molecule has 0 N–H and O–H groups in total. The van der Waals surface area contributed by atoms with Crippen LogP contribution in [0.5, 0.6) is 0 Å². The van der Waals surface area contributed by atoms with Gasteiger partial charge in [-0.1, -0.05) is 51.1 Å². The van der Waals surface area contributed by atoms with Gasteiger partial charge >= 0.3 is 0 Å². The molecule has 1 aliphatic heterocycles. The molecule has 0 radical (unpaired) electrons. The Morgan fingerprint density at radius 3 is 2.62 bits per heavy atom. The van der Waals surface area contributed by atoms with Crippen molar-refractivity contribution in [2.45, 2.75) is 40.3 Å². The van der Waals surface area contributed by atoms with Crippen molar-refractivity contribution >= 4 is 6.34 Å². The Kier molecular flexibility index (Phi) is 5.40. The smallest absolute Gasteiger partial charge is 0.234 e. The van der Waals surface area contributed by atoms with E-state index in [2.05, 4.69) is 67.8 Å². The lowest BCUT2D eigenvalue weighted by atomic mass is 9.87. The van der Waals surface area contributed by atoms with E-state index >= 15 is 0 Å². The minimum Gasteiger partial charge on any atom is -0.373 e. The third-order valence-electron chi connectivity index (χ3n) is 4.34. The van der Waals surface area contributed by atoms with Gasteiger partial charge in [0, 0.05) is 5.41 Å². The highest BCUT2D eigenvalue weighted by Crippen LogP contribution is 2.23. The molecular weight excluding hydrogens is 260 g/mol. The van der Waals surface area contributed by atoms with E-state index in [0.29, 0.717) is 18.1 Å². The highest BCUT2D eigenvalue weighted by molar-refractivity contribution is 5.51. The van der Waals surface area contributed by atoms with Crippen LogP contribution in [-0.2, 0) is 11.3 Å². The molecule has 1 aromatic rings. The Bertz CT molecular complexity index is 462. The predicted molar refractivity (Wildman–Crippen MR) is 87.8 cm³/mol. The van der Waals surface area contributed by atoms with Gasteiger partial charge in [0.15, 0.2) is 0 Å². The highest BCUT2D eigenvalue weighted by atomic mass is 16.5. The average molecular weight is 289 g/mol. The van der Waals surface area contributed by atoms with Crippen molar-refractivity contribution in [1.29, 1.82) is 0 Å². The Balaban J connectivity index is 1.72. The highest BCUT2D eigenvalue weighted by Gasteiger charge is 2.32. The van der Waals surface area contributed by atoms with Crippen molar-refractivity contribution in [2.75, 3.05) is 26.2 Å². The summed E-state index contributed by atoms with van der Waals surface area (Å²) in [5.41, 5.74) is 1.56. The van der Waals surface area contributed by atoms with Crippen LogP contribution in [0.15, 0.2) is 30.3 Å². The maximum Gasteiger partial charge on any atom is 0.234 e.